The molecule has 0 aliphatic rings. The van der Waals surface area contributed by atoms with E-state index in [0.29, 0.717) is 0 Å². The van der Waals surface area contributed by atoms with E-state index in [9.17, 15) is 0 Å². The van der Waals surface area contributed by atoms with Gasteiger partial charge in [0.2, 0.25) is 0 Å². The van der Waals surface area contributed by atoms with Crippen molar-refractivity contribution in [3.05, 3.63) is 51.5 Å². The third kappa shape index (κ3) is 4.56. The third-order valence-electron chi connectivity index (χ3n) is 3.21. The van der Waals surface area contributed by atoms with E-state index in [2.05, 4.69) is 56.8 Å². The van der Waals surface area contributed by atoms with Crippen LogP contribution in [0.3, 0.4) is 0 Å². The maximum atomic E-state index is 4.49. The van der Waals surface area contributed by atoms with Crippen LogP contribution in [-0.2, 0) is 13.1 Å². The number of hydrogen-bond donors (Lipinski definition) is 1. The van der Waals surface area contributed by atoms with E-state index in [1.54, 1.807) is 18.4 Å². The lowest BCUT2D eigenvalue weighted by Crippen LogP contribution is -2.38. The third-order valence-corrected chi connectivity index (χ3v) is 4.03. The van der Waals surface area contributed by atoms with Crippen LogP contribution in [0.1, 0.15) is 21.8 Å². The molecular weight excluding hydrogens is 280 g/mol. The summed E-state index contributed by atoms with van der Waals surface area (Å²) in [5.74, 6) is 0.876. The van der Waals surface area contributed by atoms with E-state index in [-0.39, 0.29) is 0 Å². The molecular formula is C16H22N4S. The number of aryl methyl sites for hydroxylation is 2. The van der Waals surface area contributed by atoms with E-state index in [1.807, 2.05) is 14.0 Å². The predicted molar refractivity (Wildman–Crippen MR) is 89.7 cm³/mol. The van der Waals surface area contributed by atoms with Crippen LogP contribution in [-0.4, -0.2) is 29.9 Å². The van der Waals surface area contributed by atoms with Crippen LogP contribution < -0.4 is 5.32 Å². The second kappa shape index (κ2) is 7.22. The van der Waals surface area contributed by atoms with E-state index >= 15 is 0 Å². The highest BCUT2D eigenvalue weighted by molar-refractivity contribution is 7.09. The first-order valence-corrected chi connectivity index (χ1v) is 7.85. The highest BCUT2D eigenvalue weighted by Gasteiger charge is 2.08. The number of nitrogens with zero attached hydrogens (tertiary/aromatic N) is 3. The first kappa shape index (κ1) is 15.5. The molecule has 112 valence electrons. The average molecular weight is 302 g/mol. The standard InChI is InChI=1S/C16H22N4S/c1-12-5-7-14(8-6-12)9-18-16(17-3)20(4)10-15-11-21-13(2)19-15/h5-8,11H,9-10H2,1-4H3,(H,17,18). The van der Waals surface area contributed by atoms with Gasteiger partial charge in [-0.3, -0.25) is 4.99 Å². The van der Waals surface area contributed by atoms with Crippen molar-refractivity contribution in [2.75, 3.05) is 14.1 Å². The van der Waals surface area contributed by atoms with Gasteiger partial charge in [-0.2, -0.15) is 0 Å². The molecule has 0 spiro atoms. The molecule has 0 bridgehead atoms. The summed E-state index contributed by atoms with van der Waals surface area (Å²) in [4.78, 5) is 10.9. The van der Waals surface area contributed by atoms with Crippen molar-refractivity contribution in [2.24, 2.45) is 4.99 Å². The van der Waals surface area contributed by atoms with Gasteiger partial charge in [-0.15, -0.1) is 11.3 Å². The molecule has 1 N–H and O–H groups in total. The highest BCUT2D eigenvalue weighted by atomic mass is 32.1. The number of thiazole rings is 1. The normalized spacial score (nSPS) is 11.5. The second-order valence-corrected chi connectivity index (χ2v) is 6.16. The summed E-state index contributed by atoms with van der Waals surface area (Å²) < 4.78 is 0. The van der Waals surface area contributed by atoms with Crippen molar-refractivity contribution in [1.29, 1.82) is 0 Å². The Balaban J connectivity index is 1.91. The zero-order valence-corrected chi connectivity index (χ0v) is 13.9. The van der Waals surface area contributed by atoms with Crippen LogP contribution in [0.15, 0.2) is 34.6 Å². The molecule has 1 heterocycles. The van der Waals surface area contributed by atoms with Gasteiger partial charge in [-0.1, -0.05) is 29.8 Å². The fraction of sp³-hybridized carbons (Fsp3) is 0.375. The number of aromatic nitrogens is 1. The fourth-order valence-corrected chi connectivity index (χ4v) is 2.67. The molecule has 1 aromatic heterocycles. The van der Waals surface area contributed by atoms with Crippen molar-refractivity contribution >= 4 is 17.3 Å². The van der Waals surface area contributed by atoms with Gasteiger partial charge in [0.1, 0.15) is 0 Å². The first-order chi connectivity index (χ1) is 10.1. The summed E-state index contributed by atoms with van der Waals surface area (Å²) >= 11 is 1.68. The second-order valence-electron chi connectivity index (χ2n) is 5.10. The molecule has 21 heavy (non-hydrogen) atoms. The SMILES string of the molecule is CN=C(NCc1ccc(C)cc1)N(C)Cc1csc(C)n1. The number of benzene rings is 1. The molecule has 1 aromatic carbocycles. The molecule has 4 nitrogen and oxygen atoms in total. The van der Waals surface area contributed by atoms with Gasteiger partial charge in [0, 0.05) is 26.0 Å². The van der Waals surface area contributed by atoms with Crippen LogP contribution in [0.25, 0.3) is 0 Å². The number of aliphatic imine (C=N–C) groups is 1. The Morgan fingerprint density at radius 1 is 1.29 bits per heavy atom. The quantitative estimate of drug-likeness (QED) is 0.697. The summed E-state index contributed by atoms with van der Waals surface area (Å²) in [7, 11) is 3.83. The van der Waals surface area contributed by atoms with E-state index in [1.165, 1.54) is 11.1 Å². The van der Waals surface area contributed by atoms with Crippen LogP contribution in [0, 0.1) is 13.8 Å². The number of hydrogen-bond acceptors (Lipinski definition) is 3. The zero-order chi connectivity index (χ0) is 15.2. The van der Waals surface area contributed by atoms with Gasteiger partial charge in [0.15, 0.2) is 5.96 Å². The predicted octanol–water partition coefficient (Wildman–Crippen LogP) is 2.97. The smallest absolute Gasteiger partial charge is 0.194 e. The molecule has 2 rings (SSSR count). The molecule has 0 amide bonds. The molecule has 5 heteroatoms. The Bertz CT molecular complexity index is 601. The van der Waals surface area contributed by atoms with Crippen molar-refractivity contribution in [3.8, 4) is 0 Å². The van der Waals surface area contributed by atoms with E-state index in [0.717, 1.165) is 29.8 Å². The van der Waals surface area contributed by atoms with Gasteiger partial charge in [0.05, 0.1) is 17.2 Å². The summed E-state index contributed by atoms with van der Waals surface area (Å²) in [6.07, 6.45) is 0. The summed E-state index contributed by atoms with van der Waals surface area (Å²) in [5, 5.41) is 6.58. The molecule has 0 radical (unpaired) electrons. The largest absolute Gasteiger partial charge is 0.352 e. The van der Waals surface area contributed by atoms with Crippen LogP contribution in [0.5, 0.6) is 0 Å². The Morgan fingerprint density at radius 2 is 2.00 bits per heavy atom. The topological polar surface area (TPSA) is 40.5 Å². The van der Waals surface area contributed by atoms with E-state index in [4.69, 9.17) is 0 Å². The van der Waals surface area contributed by atoms with Crippen molar-refractivity contribution in [3.63, 3.8) is 0 Å². The first-order valence-electron chi connectivity index (χ1n) is 6.97. The van der Waals surface area contributed by atoms with Gasteiger partial charge in [-0.25, -0.2) is 4.98 Å². The monoisotopic (exact) mass is 302 g/mol. The molecule has 0 saturated heterocycles. The highest BCUT2D eigenvalue weighted by Crippen LogP contribution is 2.10. The fourth-order valence-electron chi connectivity index (χ4n) is 2.07. The molecule has 0 aliphatic carbocycles. The lowest BCUT2D eigenvalue weighted by molar-refractivity contribution is 0.470. The van der Waals surface area contributed by atoms with Crippen LogP contribution in [0.2, 0.25) is 0 Å². The minimum atomic E-state index is 0.762. The van der Waals surface area contributed by atoms with Gasteiger partial charge >= 0.3 is 0 Å². The maximum absolute atomic E-state index is 4.49. The Kier molecular flexibility index (Phi) is 5.33. The molecule has 0 saturated carbocycles. The lowest BCUT2D eigenvalue weighted by Gasteiger charge is -2.21. The van der Waals surface area contributed by atoms with E-state index < -0.39 is 0 Å². The minimum Gasteiger partial charge on any atom is -0.352 e. The Hall–Kier alpha value is -1.88. The average Bonchev–Trinajstić information content (AvgIpc) is 2.87. The molecule has 0 aliphatic heterocycles. The Morgan fingerprint density at radius 3 is 2.57 bits per heavy atom. The molecule has 0 atom stereocenters. The summed E-state index contributed by atoms with van der Waals surface area (Å²) in [6.45, 7) is 5.66. The zero-order valence-electron chi connectivity index (χ0n) is 13.1. The van der Waals surface area contributed by atoms with Crippen molar-refractivity contribution in [2.45, 2.75) is 26.9 Å². The van der Waals surface area contributed by atoms with Gasteiger partial charge in [0.25, 0.3) is 0 Å². The van der Waals surface area contributed by atoms with Crippen LogP contribution >= 0.6 is 11.3 Å². The van der Waals surface area contributed by atoms with Crippen LogP contribution in [0.4, 0.5) is 0 Å². The molecule has 2 aromatic rings. The molecule has 0 fully saturated rings. The van der Waals surface area contributed by atoms with Crippen molar-refractivity contribution < 1.29 is 0 Å². The minimum absolute atomic E-state index is 0.762. The van der Waals surface area contributed by atoms with Gasteiger partial charge < -0.3 is 10.2 Å². The lowest BCUT2D eigenvalue weighted by atomic mass is 10.1. The van der Waals surface area contributed by atoms with Gasteiger partial charge in [-0.05, 0) is 19.4 Å². The molecule has 0 unspecified atom stereocenters. The number of guanidine groups is 1. The number of rotatable bonds is 4. The van der Waals surface area contributed by atoms with Crippen molar-refractivity contribution in [1.82, 2.24) is 15.2 Å². The Labute approximate surface area is 130 Å². The number of nitrogens with one attached hydrogen (secondary N) is 1. The summed E-state index contributed by atoms with van der Waals surface area (Å²) in [5.41, 5.74) is 3.61. The maximum Gasteiger partial charge on any atom is 0.194 e. The summed E-state index contributed by atoms with van der Waals surface area (Å²) in [6, 6.07) is 8.53.